The minimum atomic E-state index is -0.257. The van der Waals surface area contributed by atoms with E-state index in [0.717, 1.165) is 53.2 Å². The first-order valence-corrected chi connectivity index (χ1v) is 14.4. The largest absolute Gasteiger partial charge is 0.497 e. The van der Waals surface area contributed by atoms with Crippen LogP contribution >= 0.6 is 23.4 Å². The first kappa shape index (κ1) is 26.4. The van der Waals surface area contributed by atoms with Crippen LogP contribution in [0, 0.1) is 5.92 Å². The van der Waals surface area contributed by atoms with E-state index in [1.807, 2.05) is 59.6 Å². The second kappa shape index (κ2) is 11.4. The molecule has 2 unspecified atom stereocenters. The number of amidine groups is 1. The number of hydrogen-bond acceptors (Lipinski definition) is 6. The van der Waals surface area contributed by atoms with E-state index in [2.05, 4.69) is 35.3 Å². The summed E-state index contributed by atoms with van der Waals surface area (Å²) in [5.41, 5.74) is 5.40. The summed E-state index contributed by atoms with van der Waals surface area (Å²) in [6.45, 7) is 0. The molecule has 202 valence electrons. The lowest BCUT2D eigenvalue weighted by Crippen LogP contribution is -2.30. The zero-order chi connectivity index (χ0) is 27.6. The van der Waals surface area contributed by atoms with Crippen LogP contribution in [-0.2, 0) is 4.79 Å². The first-order valence-electron chi connectivity index (χ1n) is 13.2. The highest BCUT2D eigenvalue weighted by Crippen LogP contribution is 2.47. The molecular formula is C32H28ClN3O3S. The van der Waals surface area contributed by atoms with Gasteiger partial charge in [0.2, 0.25) is 0 Å². The average molecular weight is 570 g/mol. The highest BCUT2D eigenvalue weighted by atomic mass is 35.5. The Kier molecular flexibility index (Phi) is 7.50. The van der Waals surface area contributed by atoms with Crippen molar-refractivity contribution in [2.75, 3.05) is 14.2 Å². The number of methoxy groups -OCH3 is 2. The minimum absolute atomic E-state index is 0.0746. The van der Waals surface area contributed by atoms with Crippen LogP contribution in [0.5, 0.6) is 11.5 Å². The maximum atomic E-state index is 13.0. The Labute approximate surface area is 243 Å². The van der Waals surface area contributed by atoms with Crippen molar-refractivity contribution < 1.29 is 14.3 Å². The molecule has 0 saturated heterocycles. The van der Waals surface area contributed by atoms with Gasteiger partial charge in [0.1, 0.15) is 11.5 Å². The molecule has 8 heteroatoms. The summed E-state index contributed by atoms with van der Waals surface area (Å²) in [6, 6.07) is 23.5. The highest BCUT2D eigenvalue weighted by Gasteiger charge is 2.44. The van der Waals surface area contributed by atoms with Crippen LogP contribution in [0.4, 0.5) is 0 Å². The summed E-state index contributed by atoms with van der Waals surface area (Å²) in [7, 11) is 3.34. The number of nitrogens with zero attached hydrogens (tertiary/aromatic N) is 3. The molecule has 1 aliphatic carbocycles. The van der Waals surface area contributed by atoms with Crippen molar-refractivity contribution in [2.24, 2.45) is 16.0 Å². The van der Waals surface area contributed by atoms with Crippen LogP contribution in [0.3, 0.4) is 0 Å². The lowest BCUT2D eigenvalue weighted by molar-refractivity contribution is -0.113. The number of amides is 1. The van der Waals surface area contributed by atoms with Gasteiger partial charge in [0.15, 0.2) is 5.17 Å². The molecule has 2 heterocycles. The number of hydrazone groups is 1. The SMILES string of the molecule is COc1ccc(/C=C2\CCCC3C2=NN(C2=NC(=O)/C(=C/c4ccc(Cl)cc4)S2)C3c2ccc(OC)cc2)cc1. The summed E-state index contributed by atoms with van der Waals surface area (Å²) in [5.74, 6) is 1.55. The molecule has 1 amide bonds. The van der Waals surface area contributed by atoms with Crippen molar-refractivity contribution in [1.82, 2.24) is 5.01 Å². The molecule has 2 atom stereocenters. The molecule has 0 bridgehead atoms. The van der Waals surface area contributed by atoms with Crippen LogP contribution in [0.2, 0.25) is 5.02 Å². The fourth-order valence-corrected chi connectivity index (χ4v) is 6.43. The molecular weight excluding hydrogens is 542 g/mol. The van der Waals surface area contributed by atoms with Crippen LogP contribution < -0.4 is 9.47 Å². The normalized spacial score (nSPS) is 22.4. The number of hydrogen-bond donors (Lipinski definition) is 0. The van der Waals surface area contributed by atoms with Crippen molar-refractivity contribution >= 4 is 52.3 Å². The fraction of sp³-hybridized carbons (Fsp3) is 0.219. The molecule has 0 radical (unpaired) electrons. The summed E-state index contributed by atoms with van der Waals surface area (Å²) in [5, 5.41) is 8.37. The van der Waals surface area contributed by atoms with Crippen molar-refractivity contribution in [3.63, 3.8) is 0 Å². The monoisotopic (exact) mass is 569 g/mol. The zero-order valence-electron chi connectivity index (χ0n) is 22.2. The zero-order valence-corrected chi connectivity index (χ0v) is 23.8. The van der Waals surface area contributed by atoms with Gasteiger partial charge in [0.05, 0.1) is 30.9 Å². The summed E-state index contributed by atoms with van der Waals surface area (Å²) >= 11 is 7.41. The molecule has 40 heavy (non-hydrogen) atoms. The molecule has 3 aliphatic rings. The Balaban J connectivity index is 1.36. The van der Waals surface area contributed by atoms with Crippen molar-refractivity contribution in [1.29, 1.82) is 0 Å². The highest BCUT2D eigenvalue weighted by molar-refractivity contribution is 8.18. The van der Waals surface area contributed by atoms with E-state index in [0.29, 0.717) is 15.1 Å². The van der Waals surface area contributed by atoms with Gasteiger partial charge < -0.3 is 9.47 Å². The number of halogens is 1. The van der Waals surface area contributed by atoms with Crippen molar-refractivity contribution in [3.8, 4) is 11.5 Å². The Morgan fingerprint density at radius 2 is 1.52 bits per heavy atom. The molecule has 1 saturated carbocycles. The summed E-state index contributed by atoms with van der Waals surface area (Å²) in [4.78, 5) is 18.0. The number of aliphatic imine (C=N–C) groups is 1. The molecule has 6 rings (SSSR count). The third-order valence-electron chi connectivity index (χ3n) is 7.39. The van der Waals surface area contributed by atoms with Crippen LogP contribution in [-0.4, -0.2) is 36.0 Å². The van der Waals surface area contributed by atoms with E-state index in [1.54, 1.807) is 14.2 Å². The second-order valence-electron chi connectivity index (χ2n) is 9.85. The van der Waals surface area contributed by atoms with Gasteiger partial charge in [-0.05, 0) is 102 Å². The number of carbonyl (C=O) groups is 1. The predicted molar refractivity (Wildman–Crippen MR) is 163 cm³/mol. The lowest BCUT2D eigenvalue weighted by atomic mass is 9.77. The number of ether oxygens (including phenoxy) is 2. The molecule has 0 aromatic heterocycles. The third kappa shape index (κ3) is 5.31. The summed E-state index contributed by atoms with van der Waals surface area (Å²) in [6.07, 6.45) is 7.09. The number of rotatable bonds is 5. The number of fused-ring (bicyclic) bond motifs is 1. The van der Waals surface area contributed by atoms with Crippen LogP contribution in [0.15, 0.2) is 93.4 Å². The third-order valence-corrected chi connectivity index (χ3v) is 8.61. The molecule has 1 fully saturated rings. The Bertz CT molecular complexity index is 1540. The first-order chi connectivity index (χ1) is 19.5. The second-order valence-corrected chi connectivity index (χ2v) is 11.3. The number of benzene rings is 3. The number of thioether (sulfide) groups is 1. The van der Waals surface area contributed by atoms with Gasteiger partial charge >= 0.3 is 0 Å². The standard InChI is InChI=1S/C32H28ClN3O3S/c1-38-25-14-8-20(9-15-25)18-23-4-3-5-27-29(23)35-36(30(27)22-10-16-26(39-2)17-11-22)32-34-31(37)28(40-32)19-21-6-12-24(33)13-7-21/h6-19,27,30H,3-5H2,1-2H3/b23-18+,28-19-. The van der Waals surface area contributed by atoms with E-state index in [-0.39, 0.29) is 17.9 Å². The molecule has 2 aliphatic heterocycles. The maximum absolute atomic E-state index is 13.0. The van der Waals surface area contributed by atoms with Gasteiger partial charge in [-0.2, -0.15) is 10.1 Å². The smallest absolute Gasteiger partial charge is 0.286 e. The fourth-order valence-electron chi connectivity index (χ4n) is 5.40. The Morgan fingerprint density at radius 1 is 0.900 bits per heavy atom. The van der Waals surface area contributed by atoms with Gasteiger partial charge in [0.25, 0.3) is 5.91 Å². The topological polar surface area (TPSA) is 63.5 Å². The van der Waals surface area contributed by atoms with Crippen molar-refractivity contribution in [2.45, 2.75) is 25.3 Å². The Morgan fingerprint density at radius 3 is 2.20 bits per heavy atom. The Hall–Kier alpha value is -3.81. The summed E-state index contributed by atoms with van der Waals surface area (Å²) < 4.78 is 10.7. The van der Waals surface area contributed by atoms with Gasteiger partial charge in [-0.25, -0.2) is 5.01 Å². The molecule has 6 nitrogen and oxygen atoms in total. The molecule has 3 aromatic carbocycles. The van der Waals surface area contributed by atoms with E-state index < -0.39 is 0 Å². The molecule has 3 aromatic rings. The van der Waals surface area contributed by atoms with Gasteiger partial charge in [-0.1, -0.05) is 48.0 Å². The van der Waals surface area contributed by atoms with Crippen molar-refractivity contribution in [3.05, 3.63) is 105 Å². The molecule has 0 N–H and O–H groups in total. The van der Waals surface area contributed by atoms with Gasteiger partial charge in [0, 0.05) is 10.9 Å². The number of allylic oxidation sites excluding steroid dienone is 1. The van der Waals surface area contributed by atoms with E-state index in [9.17, 15) is 4.79 Å². The maximum Gasteiger partial charge on any atom is 0.286 e. The number of carbonyl (C=O) groups excluding carboxylic acids is 1. The van der Waals surface area contributed by atoms with Crippen LogP contribution in [0.25, 0.3) is 12.2 Å². The molecule has 0 spiro atoms. The van der Waals surface area contributed by atoms with Crippen LogP contribution in [0.1, 0.15) is 42.0 Å². The van der Waals surface area contributed by atoms with E-state index >= 15 is 0 Å². The average Bonchev–Trinajstić information content (AvgIpc) is 3.55. The lowest BCUT2D eigenvalue weighted by Gasteiger charge is -2.30. The van der Waals surface area contributed by atoms with E-state index in [1.165, 1.54) is 17.3 Å². The van der Waals surface area contributed by atoms with E-state index in [4.69, 9.17) is 26.2 Å². The minimum Gasteiger partial charge on any atom is -0.497 e. The predicted octanol–water partition coefficient (Wildman–Crippen LogP) is 7.62. The van der Waals surface area contributed by atoms with Gasteiger partial charge in [-0.3, -0.25) is 4.79 Å². The van der Waals surface area contributed by atoms with Gasteiger partial charge in [-0.15, -0.1) is 0 Å². The quantitative estimate of drug-likeness (QED) is 0.296.